The van der Waals surface area contributed by atoms with Crippen LogP contribution in [0.5, 0.6) is 5.75 Å². The van der Waals surface area contributed by atoms with E-state index in [4.69, 9.17) is 9.57 Å². The Morgan fingerprint density at radius 1 is 0.958 bits per heavy atom. The third-order valence-corrected chi connectivity index (χ3v) is 3.85. The van der Waals surface area contributed by atoms with E-state index in [1.54, 1.807) is 18.2 Å². The molecule has 2 amide bonds. The van der Waals surface area contributed by atoms with Crippen LogP contribution in [-0.2, 0) is 9.63 Å². The van der Waals surface area contributed by atoms with Crippen LogP contribution in [0.2, 0.25) is 0 Å². The fraction of sp³-hybridized carbons (Fsp3) is 0.167. The van der Waals surface area contributed by atoms with Crippen molar-refractivity contribution in [1.29, 1.82) is 0 Å². The predicted molar refractivity (Wildman–Crippen MR) is 84.4 cm³/mol. The standard InChI is InChI=1S/C18H15NO5/c1-11-6-5-9-15(12(11)2)23-10-16(20)24-19-17(21)13-7-3-4-8-14(13)18(19)22/h3-9H,10H2,1-2H3. The van der Waals surface area contributed by atoms with Gasteiger partial charge in [0, 0.05) is 0 Å². The number of nitrogens with zero attached hydrogens (tertiary/aromatic N) is 1. The molecule has 1 heterocycles. The summed E-state index contributed by atoms with van der Waals surface area (Å²) >= 11 is 0. The summed E-state index contributed by atoms with van der Waals surface area (Å²) < 4.78 is 5.41. The molecule has 0 unspecified atom stereocenters. The minimum Gasteiger partial charge on any atom is -0.482 e. The van der Waals surface area contributed by atoms with Crippen LogP contribution in [0.4, 0.5) is 0 Å². The van der Waals surface area contributed by atoms with Crippen LogP contribution in [0, 0.1) is 13.8 Å². The Kier molecular flexibility index (Phi) is 4.04. The highest BCUT2D eigenvalue weighted by Gasteiger charge is 2.38. The quantitative estimate of drug-likeness (QED) is 0.807. The zero-order valence-electron chi connectivity index (χ0n) is 13.2. The van der Waals surface area contributed by atoms with Crippen molar-refractivity contribution >= 4 is 17.8 Å². The van der Waals surface area contributed by atoms with Gasteiger partial charge in [0.15, 0.2) is 6.61 Å². The lowest BCUT2D eigenvalue weighted by atomic mass is 10.1. The minimum absolute atomic E-state index is 0.214. The molecule has 0 N–H and O–H groups in total. The maximum Gasteiger partial charge on any atom is 0.370 e. The topological polar surface area (TPSA) is 72.9 Å². The smallest absolute Gasteiger partial charge is 0.370 e. The minimum atomic E-state index is -0.828. The van der Waals surface area contributed by atoms with Gasteiger partial charge in [-0.3, -0.25) is 9.59 Å². The van der Waals surface area contributed by atoms with E-state index in [9.17, 15) is 14.4 Å². The number of ether oxygens (including phenoxy) is 1. The summed E-state index contributed by atoms with van der Waals surface area (Å²) in [6, 6.07) is 11.8. The number of amides is 2. The molecule has 6 heteroatoms. The van der Waals surface area contributed by atoms with Crippen molar-refractivity contribution in [1.82, 2.24) is 5.06 Å². The first-order valence-corrected chi connectivity index (χ1v) is 7.36. The van der Waals surface area contributed by atoms with Crippen LogP contribution in [0.1, 0.15) is 31.8 Å². The van der Waals surface area contributed by atoms with Crippen molar-refractivity contribution in [3.8, 4) is 5.75 Å². The number of hydrogen-bond donors (Lipinski definition) is 0. The Morgan fingerprint density at radius 2 is 1.58 bits per heavy atom. The molecule has 6 nitrogen and oxygen atoms in total. The Morgan fingerprint density at radius 3 is 2.21 bits per heavy atom. The van der Waals surface area contributed by atoms with Crippen LogP contribution in [0.3, 0.4) is 0 Å². The average molecular weight is 325 g/mol. The SMILES string of the molecule is Cc1cccc(OCC(=O)ON2C(=O)c3ccccc3C2=O)c1C. The summed E-state index contributed by atoms with van der Waals surface area (Å²) in [6.45, 7) is 3.40. The van der Waals surface area contributed by atoms with Crippen LogP contribution in [0.15, 0.2) is 42.5 Å². The summed E-state index contributed by atoms with van der Waals surface area (Å²) in [5, 5.41) is 0.472. The third-order valence-electron chi connectivity index (χ3n) is 3.85. The van der Waals surface area contributed by atoms with E-state index in [0.29, 0.717) is 10.8 Å². The van der Waals surface area contributed by atoms with Gasteiger partial charge in [-0.1, -0.05) is 29.3 Å². The van der Waals surface area contributed by atoms with E-state index in [1.807, 2.05) is 26.0 Å². The highest BCUT2D eigenvalue weighted by atomic mass is 16.7. The van der Waals surface area contributed by atoms with Gasteiger partial charge in [-0.2, -0.15) is 0 Å². The van der Waals surface area contributed by atoms with Crippen LogP contribution in [0.25, 0.3) is 0 Å². The van der Waals surface area contributed by atoms with Gasteiger partial charge >= 0.3 is 5.97 Å². The van der Waals surface area contributed by atoms with Crippen LogP contribution < -0.4 is 4.74 Å². The Bertz CT molecular complexity index is 808. The van der Waals surface area contributed by atoms with Crippen LogP contribution >= 0.6 is 0 Å². The first-order valence-electron chi connectivity index (χ1n) is 7.36. The second kappa shape index (κ2) is 6.16. The molecule has 2 aromatic carbocycles. The Balaban J connectivity index is 1.65. The highest BCUT2D eigenvalue weighted by Crippen LogP contribution is 2.23. The Hall–Kier alpha value is -3.15. The van der Waals surface area contributed by atoms with Crippen molar-refractivity contribution in [2.75, 3.05) is 6.61 Å². The van der Waals surface area contributed by atoms with E-state index in [-0.39, 0.29) is 11.1 Å². The molecular weight excluding hydrogens is 310 g/mol. The van der Waals surface area contributed by atoms with Gasteiger partial charge in [-0.25, -0.2) is 4.79 Å². The lowest BCUT2D eigenvalue weighted by Crippen LogP contribution is -2.34. The summed E-state index contributed by atoms with van der Waals surface area (Å²) in [5.41, 5.74) is 2.36. The molecule has 0 fully saturated rings. The number of rotatable bonds is 4. The van der Waals surface area contributed by atoms with Crippen molar-refractivity contribution < 1.29 is 24.0 Å². The lowest BCUT2D eigenvalue weighted by molar-refractivity contribution is -0.170. The second-order valence-corrected chi connectivity index (χ2v) is 5.40. The molecule has 0 spiro atoms. The molecule has 0 aliphatic carbocycles. The molecule has 0 saturated heterocycles. The van der Waals surface area contributed by atoms with Gasteiger partial charge in [0.25, 0.3) is 11.8 Å². The number of imide groups is 1. The van der Waals surface area contributed by atoms with Gasteiger partial charge in [0.2, 0.25) is 0 Å². The zero-order chi connectivity index (χ0) is 17.3. The van der Waals surface area contributed by atoms with Gasteiger partial charge < -0.3 is 9.57 Å². The number of fused-ring (bicyclic) bond motifs is 1. The Labute approximate surface area is 138 Å². The molecule has 2 aromatic rings. The number of benzene rings is 2. The number of hydrogen-bond acceptors (Lipinski definition) is 5. The molecule has 1 aliphatic heterocycles. The lowest BCUT2D eigenvalue weighted by Gasteiger charge is -2.14. The number of carbonyl (C=O) groups is 3. The van der Waals surface area contributed by atoms with Crippen molar-refractivity contribution in [3.63, 3.8) is 0 Å². The van der Waals surface area contributed by atoms with Crippen molar-refractivity contribution in [2.24, 2.45) is 0 Å². The van der Waals surface area contributed by atoms with E-state index < -0.39 is 24.4 Å². The molecular formula is C18H15NO5. The van der Waals surface area contributed by atoms with Gasteiger partial charge in [-0.05, 0) is 43.2 Å². The van der Waals surface area contributed by atoms with Crippen molar-refractivity contribution in [2.45, 2.75) is 13.8 Å². The van der Waals surface area contributed by atoms with E-state index in [1.165, 1.54) is 12.1 Å². The number of carbonyl (C=O) groups excluding carboxylic acids is 3. The molecule has 24 heavy (non-hydrogen) atoms. The summed E-state index contributed by atoms with van der Waals surface area (Å²) in [5.74, 6) is -1.59. The second-order valence-electron chi connectivity index (χ2n) is 5.40. The molecule has 0 radical (unpaired) electrons. The average Bonchev–Trinajstić information content (AvgIpc) is 2.82. The first kappa shape index (κ1) is 15.7. The van der Waals surface area contributed by atoms with Gasteiger partial charge in [-0.15, -0.1) is 0 Å². The third kappa shape index (κ3) is 2.74. The van der Waals surface area contributed by atoms with Gasteiger partial charge in [0.05, 0.1) is 11.1 Å². The largest absolute Gasteiger partial charge is 0.482 e. The zero-order valence-corrected chi connectivity index (χ0v) is 13.2. The highest BCUT2D eigenvalue weighted by molar-refractivity contribution is 6.20. The number of aryl methyl sites for hydroxylation is 1. The maximum atomic E-state index is 12.1. The van der Waals surface area contributed by atoms with E-state index >= 15 is 0 Å². The maximum absolute atomic E-state index is 12.1. The molecule has 0 atom stereocenters. The molecule has 0 saturated carbocycles. The molecule has 0 aromatic heterocycles. The fourth-order valence-corrected chi connectivity index (χ4v) is 2.40. The molecule has 3 rings (SSSR count). The number of hydroxylamine groups is 2. The fourth-order valence-electron chi connectivity index (χ4n) is 2.40. The summed E-state index contributed by atoms with van der Waals surface area (Å²) in [6.07, 6.45) is 0. The molecule has 122 valence electrons. The summed E-state index contributed by atoms with van der Waals surface area (Å²) in [4.78, 5) is 41.0. The van der Waals surface area contributed by atoms with Crippen molar-refractivity contribution in [3.05, 3.63) is 64.7 Å². The monoisotopic (exact) mass is 325 g/mol. The van der Waals surface area contributed by atoms with E-state index in [2.05, 4.69) is 0 Å². The normalized spacial score (nSPS) is 13.0. The van der Waals surface area contributed by atoms with E-state index in [0.717, 1.165) is 11.1 Å². The summed E-state index contributed by atoms with van der Waals surface area (Å²) in [7, 11) is 0. The molecule has 1 aliphatic rings. The van der Waals surface area contributed by atoms with Gasteiger partial charge in [0.1, 0.15) is 5.75 Å². The first-order chi connectivity index (χ1) is 11.5. The van der Waals surface area contributed by atoms with Crippen LogP contribution in [-0.4, -0.2) is 29.5 Å². The predicted octanol–water partition coefficient (Wildman–Crippen LogP) is 2.44. The molecule has 0 bridgehead atoms.